The fourth-order valence-electron chi connectivity index (χ4n) is 7.33. The fourth-order valence-corrected chi connectivity index (χ4v) is 7.50. The van der Waals surface area contributed by atoms with Crippen molar-refractivity contribution in [3.63, 3.8) is 0 Å². The zero-order valence-electron chi connectivity index (χ0n) is 25.1. The van der Waals surface area contributed by atoms with Crippen molar-refractivity contribution in [1.29, 1.82) is 0 Å². The molecule has 6 N–H and O–H groups in total. The summed E-state index contributed by atoms with van der Waals surface area (Å²) in [4.78, 5) is 59.1. The van der Waals surface area contributed by atoms with Gasteiger partial charge in [-0.1, -0.05) is 77.8 Å². The summed E-state index contributed by atoms with van der Waals surface area (Å²) in [5.41, 5.74) is 2.13. The van der Waals surface area contributed by atoms with Crippen LogP contribution in [0.4, 0.5) is 4.79 Å². The van der Waals surface area contributed by atoms with Crippen LogP contribution in [0.15, 0.2) is 59.9 Å². The molecule has 4 atom stereocenters. The van der Waals surface area contributed by atoms with Crippen LogP contribution in [0.25, 0.3) is 11.1 Å². The lowest BCUT2D eigenvalue weighted by atomic mass is 9.85. The maximum absolute atomic E-state index is 14.0. The van der Waals surface area contributed by atoms with E-state index in [4.69, 9.17) is 39.5 Å². The van der Waals surface area contributed by atoms with Crippen LogP contribution in [0.1, 0.15) is 34.3 Å². The highest BCUT2D eigenvalue weighted by atomic mass is 35.6. The molecule has 4 aliphatic heterocycles. The number of alkyl halides is 3. The van der Waals surface area contributed by atoms with Gasteiger partial charge in [0.2, 0.25) is 27.4 Å². The molecule has 2 aromatic rings. The molecule has 3 unspecified atom stereocenters. The van der Waals surface area contributed by atoms with Crippen LogP contribution in [-0.4, -0.2) is 103 Å². The van der Waals surface area contributed by atoms with E-state index in [1.165, 1.54) is 4.90 Å². The third-order valence-electron chi connectivity index (χ3n) is 9.36. The van der Waals surface area contributed by atoms with E-state index in [-0.39, 0.29) is 37.7 Å². The predicted octanol–water partition coefficient (Wildman–Crippen LogP) is 1.07. The van der Waals surface area contributed by atoms with Crippen molar-refractivity contribution in [2.45, 2.75) is 52.6 Å². The molecule has 0 saturated carbocycles. The summed E-state index contributed by atoms with van der Waals surface area (Å²) in [5.74, 6) is -4.20. The van der Waals surface area contributed by atoms with Gasteiger partial charge in [-0.15, -0.1) is 0 Å². The number of hydrogen-bond acceptors (Lipinski definition) is 11. The van der Waals surface area contributed by atoms with Gasteiger partial charge in [-0.3, -0.25) is 24.6 Å². The quantitative estimate of drug-likeness (QED) is 0.127. The fraction of sp³-hybridized carbons (Fsp3) is 0.387. The molecule has 0 bridgehead atoms. The number of fused-ring (bicyclic) bond motifs is 3. The summed E-state index contributed by atoms with van der Waals surface area (Å²) in [6, 6.07) is 9.69. The average Bonchev–Trinajstić information content (AvgIpc) is 3.74. The first kappa shape index (κ1) is 32.5. The van der Waals surface area contributed by atoms with Gasteiger partial charge in [-0.25, -0.2) is 9.79 Å². The van der Waals surface area contributed by atoms with Crippen LogP contribution in [0.2, 0.25) is 0 Å². The molecule has 4 amide bonds. The SMILES string of the molecule is C=C1NC2[C@H](CN3C(=O)CCC3=O)N=C(NC(=O)OCC(Cl)(Cl)Cl)N3CC(NC(=O)c4cccc5c4-c4ccccc4C5)C(O)(O)C23N1. The molecule has 14 nitrogen and oxygen atoms in total. The summed E-state index contributed by atoms with van der Waals surface area (Å²) < 4.78 is 3.12. The van der Waals surface area contributed by atoms with Gasteiger partial charge in [0, 0.05) is 24.9 Å². The van der Waals surface area contributed by atoms with Gasteiger partial charge in [-0.05, 0) is 34.7 Å². The Balaban J connectivity index is 1.24. The molecular formula is C31H30Cl3N7O7. The Morgan fingerprint density at radius 2 is 1.79 bits per heavy atom. The van der Waals surface area contributed by atoms with Crippen molar-refractivity contribution in [3.8, 4) is 11.1 Å². The van der Waals surface area contributed by atoms with E-state index >= 15 is 0 Å². The third kappa shape index (κ3) is 5.22. The summed E-state index contributed by atoms with van der Waals surface area (Å²) >= 11 is 17.2. The van der Waals surface area contributed by atoms with E-state index in [1.54, 1.807) is 12.1 Å². The number of alkyl carbamates (subject to hydrolysis) is 1. The van der Waals surface area contributed by atoms with Crippen LogP contribution in [-0.2, 0) is 20.7 Å². The summed E-state index contributed by atoms with van der Waals surface area (Å²) in [7, 11) is 0. The minimum absolute atomic E-state index is 0.0236. The largest absolute Gasteiger partial charge is 0.445 e. The summed E-state index contributed by atoms with van der Waals surface area (Å²) in [5, 5.41) is 35.5. The lowest BCUT2D eigenvalue weighted by Crippen LogP contribution is -2.78. The zero-order valence-corrected chi connectivity index (χ0v) is 27.4. The van der Waals surface area contributed by atoms with Gasteiger partial charge in [0.1, 0.15) is 12.6 Å². The van der Waals surface area contributed by atoms with E-state index in [0.717, 1.165) is 27.2 Å². The monoisotopic (exact) mass is 717 g/mol. The second-order valence-electron chi connectivity index (χ2n) is 12.3. The smallest absolute Gasteiger partial charge is 0.414 e. The number of halogens is 3. The second-order valence-corrected chi connectivity index (χ2v) is 14.8. The zero-order chi connectivity index (χ0) is 34.2. The van der Waals surface area contributed by atoms with Crippen LogP contribution in [0, 0.1) is 0 Å². The van der Waals surface area contributed by atoms with Gasteiger partial charge in [0.25, 0.3) is 5.91 Å². The number of ether oxygens (including phenoxy) is 1. The molecular weight excluding hydrogens is 689 g/mol. The number of aliphatic hydroxyl groups is 2. The highest BCUT2D eigenvalue weighted by Crippen LogP contribution is 2.46. The normalized spacial score (nSPS) is 26.6. The number of rotatable bonds is 5. The van der Waals surface area contributed by atoms with Gasteiger partial charge >= 0.3 is 6.09 Å². The Bertz CT molecular complexity index is 1780. The molecule has 4 heterocycles. The molecule has 7 rings (SSSR count). The maximum atomic E-state index is 14.0. The molecule has 1 aliphatic carbocycles. The first-order chi connectivity index (χ1) is 22.7. The van der Waals surface area contributed by atoms with E-state index < -0.39 is 63.8 Å². The maximum Gasteiger partial charge on any atom is 0.414 e. The van der Waals surface area contributed by atoms with Crippen LogP contribution in [0.3, 0.4) is 0 Å². The molecule has 0 aromatic heterocycles. The van der Waals surface area contributed by atoms with Crippen molar-refractivity contribution in [2.24, 2.45) is 4.99 Å². The summed E-state index contributed by atoms with van der Waals surface area (Å²) in [6.07, 6.45) is -0.386. The molecule has 17 heteroatoms. The number of likely N-dealkylation sites (tertiary alicyclic amines) is 1. The number of carbonyl (C=O) groups excluding carboxylic acids is 4. The Hall–Kier alpha value is -4.08. The molecule has 0 radical (unpaired) electrons. The molecule has 48 heavy (non-hydrogen) atoms. The average molecular weight is 719 g/mol. The highest BCUT2D eigenvalue weighted by Gasteiger charge is 2.74. The molecule has 3 saturated heterocycles. The number of nitrogens with zero attached hydrogens (tertiary/aromatic N) is 3. The number of benzene rings is 2. The van der Waals surface area contributed by atoms with Crippen molar-refractivity contribution in [2.75, 3.05) is 19.7 Å². The Kier molecular flexibility index (Phi) is 7.79. The Morgan fingerprint density at radius 1 is 1.08 bits per heavy atom. The van der Waals surface area contributed by atoms with E-state index in [9.17, 15) is 29.4 Å². The first-order valence-electron chi connectivity index (χ1n) is 15.1. The lowest BCUT2D eigenvalue weighted by molar-refractivity contribution is -0.231. The van der Waals surface area contributed by atoms with E-state index in [1.807, 2.05) is 30.3 Å². The van der Waals surface area contributed by atoms with Gasteiger partial charge in [0.15, 0.2) is 5.66 Å². The standard InChI is InChI=1S/C31H30Cl3N7O7/c1-15-35-25-20(12-40-22(42)9-10-23(40)43)36-27(38-28(45)48-14-29(32,33)34)41-13-21(31(46,47)30(25,41)39-15)37-26(44)19-8-4-6-17-11-16-5-2-3-7-18(16)24(17)19/h2-8,20-21,25,35,39,46-47H,1,9-14H2,(H,37,44)(H,36,38,45)/t20-,21?,25?,30?/m0/s1. The van der Waals surface area contributed by atoms with Crippen molar-refractivity contribution >= 4 is 64.6 Å². The van der Waals surface area contributed by atoms with Crippen LogP contribution in [0.5, 0.6) is 0 Å². The van der Waals surface area contributed by atoms with Crippen LogP contribution < -0.4 is 21.3 Å². The second kappa shape index (κ2) is 11.5. The number of aliphatic imine (C=N–C) groups is 1. The Labute approximate surface area is 289 Å². The topological polar surface area (TPSA) is 185 Å². The Morgan fingerprint density at radius 3 is 2.52 bits per heavy atom. The van der Waals surface area contributed by atoms with Crippen molar-refractivity contribution < 1.29 is 34.1 Å². The lowest BCUT2D eigenvalue weighted by Gasteiger charge is -2.49. The molecule has 252 valence electrons. The minimum Gasteiger partial charge on any atom is -0.445 e. The molecule has 1 spiro atoms. The number of guanidine groups is 1. The van der Waals surface area contributed by atoms with Gasteiger partial charge < -0.3 is 35.8 Å². The minimum atomic E-state index is -2.77. The molecule has 3 fully saturated rings. The molecule has 2 aromatic carbocycles. The van der Waals surface area contributed by atoms with Gasteiger partial charge in [0.05, 0.1) is 24.4 Å². The number of carbonyl (C=O) groups is 4. The number of amides is 4. The third-order valence-corrected chi connectivity index (χ3v) is 9.69. The predicted molar refractivity (Wildman–Crippen MR) is 174 cm³/mol. The number of hydrogen-bond donors (Lipinski definition) is 6. The number of imide groups is 1. The summed E-state index contributed by atoms with van der Waals surface area (Å²) in [6.45, 7) is 2.77. The van der Waals surface area contributed by atoms with Crippen LogP contribution >= 0.6 is 34.8 Å². The highest BCUT2D eigenvalue weighted by molar-refractivity contribution is 6.67. The molecule has 5 aliphatic rings. The van der Waals surface area contributed by atoms with Crippen molar-refractivity contribution in [3.05, 3.63) is 71.6 Å². The first-order valence-corrected chi connectivity index (χ1v) is 16.2. The van der Waals surface area contributed by atoms with E-state index in [0.29, 0.717) is 12.0 Å². The van der Waals surface area contributed by atoms with Crippen molar-refractivity contribution in [1.82, 2.24) is 31.1 Å². The van der Waals surface area contributed by atoms with Gasteiger partial charge in [-0.2, -0.15) is 0 Å². The number of nitrogens with one attached hydrogen (secondary N) is 4. The van der Waals surface area contributed by atoms with E-state index in [2.05, 4.69) is 32.8 Å².